The maximum atomic E-state index is 12.9. The Morgan fingerprint density at radius 2 is 2.00 bits per heavy atom. The van der Waals surface area contributed by atoms with Crippen molar-refractivity contribution in [1.29, 1.82) is 0 Å². The van der Waals surface area contributed by atoms with Gasteiger partial charge in [0.15, 0.2) is 0 Å². The van der Waals surface area contributed by atoms with Crippen LogP contribution in [0.4, 0.5) is 5.69 Å². The van der Waals surface area contributed by atoms with E-state index >= 15 is 0 Å². The number of aliphatic hydroxyl groups excluding tert-OH is 1. The molecule has 1 aromatic rings. The fourth-order valence-electron chi connectivity index (χ4n) is 3.62. The molecule has 0 radical (unpaired) electrons. The third-order valence-electron chi connectivity index (χ3n) is 4.71. The van der Waals surface area contributed by atoms with Gasteiger partial charge in [0.2, 0.25) is 5.91 Å². The fraction of sp³-hybridized carbons (Fsp3) is 0.588. The van der Waals surface area contributed by atoms with E-state index in [0.717, 1.165) is 24.9 Å². The monoisotopic (exact) mass is 288 g/mol. The van der Waals surface area contributed by atoms with Crippen molar-refractivity contribution in [3.05, 3.63) is 29.8 Å². The summed E-state index contributed by atoms with van der Waals surface area (Å²) in [6, 6.07) is 8.25. The highest BCUT2D eigenvalue weighted by atomic mass is 16.3. The maximum Gasteiger partial charge on any atom is 0.245 e. The molecule has 21 heavy (non-hydrogen) atoms. The number of hydrogen-bond donors (Lipinski definition) is 2. The van der Waals surface area contributed by atoms with Crippen LogP contribution in [0.2, 0.25) is 0 Å². The predicted octanol–water partition coefficient (Wildman–Crippen LogP) is 2.18. The van der Waals surface area contributed by atoms with Crippen molar-refractivity contribution in [2.75, 3.05) is 18.5 Å². The standard InChI is InChI=1S/C17H24N2O2/c20-11-10-19(14-7-2-1-3-8-14)17(21)16-12-13-6-4-5-9-15(13)18-16/h4-6,9,14,16,18,20H,1-3,7-8,10-12H2/t16-/m0/s1. The van der Waals surface area contributed by atoms with Crippen molar-refractivity contribution in [3.8, 4) is 0 Å². The Balaban J connectivity index is 1.70. The summed E-state index contributed by atoms with van der Waals surface area (Å²) in [6.45, 7) is 0.500. The maximum absolute atomic E-state index is 12.9. The van der Waals surface area contributed by atoms with Crippen LogP contribution in [0.3, 0.4) is 0 Å². The zero-order valence-electron chi connectivity index (χ0n) is 12.4. The highest BCUT2D eigenvalue weighted by Crippen LogP contribution is 2.28. The third-order valence-corrected chi connectivity index (χ3v) is 4.71. The van der Waals surface area contributed by atoms with Crippen molar-refractivity contribution < 1.29 is 9.90 Å². The van der Waals surface area contributed by atoms with Crippen LogP contribution in [0.25, 0.3) is 0 Å². The lowest BCUT2D eigenvalue weighted by Gasteiger charge is -2.35. The molecule has 0 spiro atoms. The van der Waals surface area contributed by atoms with Crippen LogP contribution in [0, 0.1) is 0 Å². The lowest BCUT2D eigenvalue weighted by Crippen LogP contribution is -2.49. The van der Waals surface area contributed by atoms with Crippen LogP contribution in [0.5, 0.6) is 0 Å². The quantitative estimate of drug-likeness (QED) is 0.893. The van der Waals surface area contributed by atoms with E-state index in [4.69, 9.17) is 0 Å². The molecule has 2 aliphatic rings. The number of carbonyl (C=O) groups is 1. The number of fused-ring (bicyclic) bond motifs is 1. The second-order valence-electron chi connectivity index (χ2n) is 6.11. The number of anilines is 1. The van der Waals surface area contributed by atoms with E-state index < -0.39 is 0 Å². The summed E-state index contributed by atoms with van der Waals surface area (Å²) in [5, 5.41) is 12.7. The number of rotatable bonds is 4. The minimum absolute atomic E-state index is 0.0436. The molecule has 0 aromatic heterocycles. The number of benzene rings is 1. The van der Waals surface area contributed by atoms with E-state index in [-0.39, 0.29) is 18.6 Å². The summed E-state index contributed by atoms with van der Waals surface area (Å²) in [4.78, 5) is 14.8. The van der Waals surface area contributed by atoms with Crippen LogP contribution in [0.15, 0.2) is 24.3 Å². The van der Waals surface area contributed by atoms with Gasteiger partial charge in [-0.05, 0) is 24.5 Å². The average molecular weight is 288 g/mol. The molecule has 1 heterocycles. The van der Waals surface area contributed by atoms with E-state index in [2.05, 4.69) is 11.4 Å². The van der Waals surface area contributed by atoms with Gasteiger partial charge in [0.1, 0.15) is 6.04 Å². The van der Waals surface area contributed by atoms with Gasteiger partial charge in [-0.15, -0.1) is 0 Å². The smallest absolute Gasteiger partial charge is 0.245 e. The number of nitrogens with zero attached hydrogens (tertiary/aromatic N) is 1. The van der Waals surface area contributed by atoms with Gasteiger partial charge in [0.05, 0.1) is 6.61 Å². The SMILES string of the molecule is O=C([C@@H]1Cc2ccccc2N1)N(CCO)C1CCCCC1. The molecule has 1 saturated carbocycles. The number of hydrogen-bond acceptors (Lipinski definition) is 3. The van der Waals surface area contributed by atoms with Gasteiger partial charge in [-0.2, -0.15) is 0 Å². The van der Waals surface area contributed by atoms with Crippen molar-refractivity contribution in [3.63, 3.8) is 0 Å². The molecule has 4 nitrogen and oxygen atoms in total. The summed E-state index contributed by atoms with van der Waals surface area (Å²) in [5.41, 5.74) is 2.28. The molecule has 1 aromatic carbocycles. The Morgan fingerprint density at radius 1 is 1.24 bits per heavy atom. The predicted molar refractivity (Wildman–Crippen MR) is 83.2 cm³/mol. The second-order valence-corrected chi connectivity index (χ2v) is 6.11. The van der Waals surface area contributed by atoms with E-state index in [1.54, 1.807) is 0 Å². The minimum atomic E-state index is -0.170. The first-order valence-corrected chi connectivity index (χ1v) is 8.05. The van der Waals surface area contributed by atoms with Crippen molar-refractivity contribution in [2.45, 2.75) is 50.6 Å². The third kappa shape index (κ3) is 3.05. The molecule has 0 saturated heterocycles. The molecular weight excluding hydrogens is 264 g/mol. The Labute approximate surface area is 126 Å². The number of carbonyl (C=O) groups excluding carboxylic acids is 1. The topological polar surface area (TPSA) is 52.6 Å². The van der Waals surface area contributed by atoms with Gasteiger partial charge < -0.3 is 15.3 Å². The number of nitrogens with one attached hydrogen (secondary N) is 1. The molecule has 1 amide bonds. The van der Waals surface area contributed by atoms with Gasteiger partial charge in [-0.3, -0.25) is 4.79 Å². The highest BCUT2D eigenvalue weighted by Gasteiger charge is 2.33. The molecule has 4 heteroatoms. The van der Waals surface area contributed by atoms with Crippen LogP contribution in [-0.4, -0.2) is 41.1 Å². The second kappa shape index (κ2) is 6.48. The first kappa shape index (κ1) is 14.4. The van der Waals surface area contributed by atoms with Gasteiger partial charge in [0, 0.05) is 24.7 Å². The molecule has 114 valence electrons. The Kier molecular flexibility index (Phi) is 4.44. The molecule has 1 aliphatic heterocycles. The van der Waals surface area contributed by atoms with E-state index in [9.17, 15) is 9.90 Å². The molecular formula is C17H24N2O2. The summed E-state index contributed by atoms with van der Waals surface area (Å²) in [6.07, 6.45) is 6.56. The summed E-state index contributed by atoms with van der Waals surface area (Å²) in [7, 11) is 0. The first-order chi connectivity index (χ1) is 10.3. The lowest BCUT2D eigenvalue weighted by molar-refractivity contribution is -0.135. The number of para-hydroxylation sites is 1. The van der Waals surface area contributed by atoms with Crippen LogP contribution < -0.4 is 5.32 Å². The minimum Gasteiger partial charge on any atom is -0.395 e. The summed E-state index contributed by atoms with van der Waals surface area (Å²) >= 11 is 0. The molecule has 1 fully saturated rings. The summed E-state index contributed by atoms with van der Waals surface area (Å²) < 4.78 is 0. The molecule has 0 bridgehead atoms. The van der Waals surface area contributed by atoms with Crippen LogP contribution in [-0.2, 0) is 11.2 Å². The highest BCUT2D eigenvalue weighted by molar-refractivity contribution is 5.87. The lowest BCUT2D eigenvalue weighted by atomic mass is 9.93. The first-order valence-electron chi connectivity index (χ1n) is 8.05. The largest absolute Gasteiger partial charge is 0.395 e. The van der Waals surface area contributed by atoms with Gasteiger partial charge in [0.25, 0.3) is 0 Å². The van der Waals surface area contributed by atoms with E-state index in [1.807, 2.05) is 23.1 Å². The van der Waals surface area contributed by atoms with Crippen LogP contribution >= 0.6 is 0 Å². The zero-order valence-corrected chi connectivity index (χ0v) is 12.4. The van der Waals surface area contributed by atoms with E-state index in [0.29, 0.717) is 12.6 Å². The van der Waals surface area contributed by atoms with Crippen molar-refractivity contribution >= 4 is 11.6 Å². The van der Waals surface area contributed by atoms with Gasteiger partial charge in [-0.1, -0.05) is 37.5 Å². The van der Waals surface area contributed by atoms with Crippen LogP contribution in [0.1, 0.15) is 37.7 Å². The Hall–Kier alpha value is -1.55. The summed E-state index contributed by atoms with van der Waals surface area (Å²) in [5.74, 6) is 0.146. The normalized spacial score (nSPS) is 21.7. The molecule has 0 unspecified atom stereocenters. The van der Waals surface area contributed by atoms with Gasteiger partial charge >= 0.3 is 0 Å². The van der Waals surface area contributed by atoms with Crippen molar-refractivity contribution in [1.82, 2.24) is 4.90 Å². The fourth-order valence-corrected chi connectivity index (χ4v) is 3.62. The molecule has 1 aliphatic carbocycles. The Morgan fingerprint density at radius 3 is 2.71 bits per heavy atom. The number of amides is 1. The molecule has 3 rings (SSSR count). The molecule has 1 atom stereocenters. The van der Waals surface area contributed by atoms with Gasteiger partial charge in [-0.25, -0.2) is 0 Å². The average Bonchev–Trinajstić information content (AvgIpc) is 2.97. The zero-order chi connectivity index (χ0) is 14.7. The van der Waals surface area contributed by atoms with Crippen molar-refractivity contribution in [2.24, 2.45) is 0 Å². The number of aliphatic hydroxyl groups is 1. The van der Waals surface area contributed by atoms with E-state index in [1.165, 1.54) is 24.8 Å². The molecule has 2 N–H and O–H groups in total. The Bertz CT molecular complexity index is 472.